The van der Waals surface area contributed by atoms with Crippen molar-refractivity contribution < 1.29 is 22.4 Å². The van der Waals surface area contributed by atoms with E-state index in [0.29, 0.717) is 5.69 Å². The van der Waals surface area contributed by atoms with Crippen LogP contribution in [0.2, 0.25) is 0 Å². The predicted octanol–water partition coefficient (Wildman–Crippen LogP) is 3.50. The molecule has 0 saturated heterocycles. The van der Waals surface area contributed by atoms with Gasteiger partial charge in [-0.15, -0.1) is 0 Å². The van der Waals surface area contributed by atoms with Crippen molar-refractivity contribution in [1.82, 2.24) is 14.6 Å². The fourth-order valence-electron chi connectivity index (χ4n) is 4.02. The lowest BCUT2D eigenvalue weighted by atomic mass is 9.94. The first-order chi connectivity index (χ1) is 16.9. The molecule has 2 N–H and O–H groups in total. The van der Waals surface area contributed by atoms with E-state index in [4.69, 9.17) is 0 Å². The van der Waals surface area contributed by atoms with Gasteiger partial charge in [0.2, 0.25) is 15.9 Å². The van der Waals surface area contributed by atoms with Gasteiger partial charge in [0.25, 0.3) is 5.91 Å². The van der Waals surface area contributed by atoms with Crippen LogP contribution in [-0.2, 0) is 27.8 Å². The summed E-state index contributed by atoms with van der Waals surface area (Å²) >= 11 is 0. The Labute approximate surface area is 209 Å². The maximum atomic E-state index is 13.4. The summed E-state index contributed by atoms with van der Waals surface area (Å²) in [5.41, 5.74) is 1.76. The molecule has 1 unspecified atom stereocenters. The monoisotopic (exact) mass is 510 g/mol. The number of rotatable bonds is 5. The first kappa shape index (κ1) is 25.5. The van der Waals surface area contributed by atoms with Crippen LogP contribution in [-0.4, -0.2) is 41.7 Å². The van der Waals surface area contributed by atoms with Crippen LogP contribution >= 0.6 is 0 Å². The lowest BCUT2D eigenvalue weighted by molar-refractivity contribution is -0.121. The van der Waals surface area contributed by atoms with Crippen LogP contribution in [0.15, 0.2) is 71.9 Å². The number of aromatic nitrogens is 1. The fraction of sp³-hybridized carbons (Fsp3) is 0.269. The summed E-state index contributed by atoms with van der Waals surface area (Å²) in [6.07, 6.45) is 3.58. The van der Waals surface area contributed by atoms with Crippen LogP contribution in [0.25, 0.3) is 0 Å². The first-order valence-corrected chi connectivity index (χ1v) is 12.8. The Kier molecular flexibility index (Phi) is 6.92. The van der Waals surface area contributed by atoms with Crippen LogP contribution in [0, 0.1) is 5.82 Å². The third kappa shape index (κ3) is 5.77. The number of carbonyl (C=O) groups excluding carboxylic acids is 2. The molecule has 0 bridgehead atoms. The van der Waals surface area contributed by atoms with E-state index in [2.05, 4.69) is 15.0 Å². The molecule has 1 aromatic heterocycles. The number of pyridine rings is 1. The number of amides is 2. The molecule has 1 atom stereocenters. The van der Waals surface area contributed by atoms with Crippen LogP contribution < -0.4 is 10.0 Å². The van der Waals surface area contributed by atoms with Crippen LogP contribution in [0.4, 0.5) is 10.1 Å². The van der Waals surface area contributed by atoms with Crippen molar-refractivity contribution in [2.75, 3.05) is 5.32 Å². The Hall–Kier alpha value is -3.63. The Balaban J connectivity index is 1.57. The third-order valence-corrected chi connectivity index (χ3v) is 7.44. The van der Waals surface area contributed by atoms with E-state index in [-0.39, 0.29) is 23.4 Å². The molecule has 0 spiro atoms. The molecule has 4 rings (SSSR count). The number of hydrogen-bond donors (Lipinski definition) is 2. The number of hydrogen-bond acceptors (Lipinski definition) is 5. The van der Waals surface area contributed by atoms with E-state index in [0.717, 1.165) is 11.1 Å². The van der Waals surface area contributed by atoms with E-state index < -0.39 is 39.2 Å². The molecule has 0 saturated carbocycles. The molecule has 3 aromatic rings. The Morgan fingerprint density at radius 3 is 2.31 bits per heavy atom. The van der Waals surface area contributed by atoms with E-state index >= 15 is 0 Å². The normalized spacial score (nSPS) is 15.8. The van der Waals surface area contributed by atoms with Crippen LogP contribution in [0.5, 0.6) is 0 Å². The molecule has 2 amide bonds. The van der Waals surface area contributed by atoms with Gasteiger partial charge in [0.15, 0.2) is 0 Å². The smallest absolute Gasteiger partial charge is 0.254 e. The van der Waals surface area contributed by atoms with Gasteiger partial charge in [0, 0.05) is 42.1 Å². The van der Waals surface area contributed by atoms with Crippen LogP contribution in [0.3, 0.4) is 0 Å². The molecule has 0 fully saturated rings. The van der Waals surface area contributed by atoms with Gasteiger partial charge in [0.1, 0.15) is 11.9 Å². The highest BCUT2D eigenvalue weighted by Crippen LogP contribution is 2.26. The van der Waals surface area contributed by atoms with Gasteiger partial charge in [-0.05, 0) is 86.5 Å². The number of halogens is 1. The zero-order valence-electron chi connectivity index (χ0n) is 20.2. The van der Waals surface area contributed by atoms with Crippen LogP contribution in [0.1, 0.15) is 42.3 Å². The van der Waals surface area contributed by atoms with Crippen molar-refractivity contribution in [1.29, 1.82) is 0 Å². The average Bonchev–Trinajstić information content (AvgIpc) is 2.82. The largest absolute Gasteiger partial charge is 0.324 e. The minimum Gasteiger partial charge on any atom is -0.324 e. The minimum absolute atomic E-state index is 0.0719. The number of benzene rings is 2. The lowest BCUT2D eigenvalue weighted by Crippen LogP contribution is -2.50. The standard InChI is InChI=1S/C26H27FN4O4S/c1-26(2,3)30-36(34,35)22-10-8-21(9-11-22)29-24(32)23-14-18-12-13-28-15-19(18)16-31(23)25(33)17-4-6-20(27)7-5-17/h4-13,15,23,30H,14,16H2,1-3H3,(H,29,32). The number of nitrogens with zero attached hydrogens (tertiary/aromatic N) is 2. The number of carbonyl (C=O) groups is 2. The SMILES string of the molecule is CC(C)(C)NS(=O)(=O)c1ccc(NC(=O)C2Cc3ccncc3CN2C(=O)c2ccc(F)cc2)cc1. The zero-order valence-corrected chi connectivity index (χ0v) is 21.0. The van der Waals surface area contributed by atoms with Gasteiger partial charge in [0.05, 0.1) is 4.90 Å². The van der Waals surface area contributed by atoms with Gasteiger partial charge in [-0.25, -0.2) is 17.5 Å². The number of nitrogens with one attached hydrogen (secondary N) is 2. The van der Waals surface area contributed by atoms with Crippen molar-refractivity contribution >= 4 is 27.5 Å². The summed E-state index contributed by atoms with van der Waals surface area (Å²) in [5.74, 6) is -1.28. The van der Waals surface area contributed by atoms with E-state index in [9.17, 15) is 22.4 Å². The fourth-order valence-corrected chi connectivity index (χ4v) is 5.44. The number of anilines is 1. The minimum atomic E-state index is -3.72. The molecule has 36 heavy (non-hydrogen) atoms. The van der Waals surface area contributed by atoms with E-state index in [1.807, 2.05) is 6.07 Å². The van der Waals surface area contributed by atoms with Crippen molar-refractivity contribution in [2.24, 2.45) is 0 Å². The summed E-state index contributed by atoms with van der Waals surface area (Å²) in [6, 6.07) is 12.0. The number of sulfonamides is 1. The molecule has 2 aromatic carbocycles. The molecule has 1 aliphatic rings. The quantitative estimate of drug-likeness (QED) is 0.546. The van der Waals surface area contributed by atoms with Crippen molar-refractivity contribution in [3.8, 4) is 0 Å². The molecular weight excluding hydrogens is 483 g/mol. The van der Waals surface area contributed by atoms with Gasteiger partial charge < -0.3 is 10.2 Å². The second-order valence-electron chi connectivity index (χ2n) is 9.67. The predicted molar refractivity (Wildman–Crippen MR) is 133 cm³/mol. The van der Waals surface area contributed by atoms with E-state index in [1.165, 1.54) is 53.4 Å². The van der Waals surface area contributed by atoms with Gasteiger partial charge in [-0.2, -0.15) is 0 Å². The van der Waals surface area contributed by atoms with Gasteiger partial charge in [-0.1, -0.05) is 0 Å². The van der Waals surface area contributed by atoms with E-state index in [1.54, 1.807) is 33.2 Å². The summed E-state index contributed by atoms with van der Waals surface area (Å²) in [6.45, 7) is 5.41. The molecule has 2 heterocycles. The molecule has 188 valence electrons. The Morgan fingerprint density at radius 1 is 1.00 bits per heavy atom. The molecule has 8 nitrogen and oxygen atoms in total. The zero-order chi connectivity index (χ0) is 26.1. The van der Waals surface area contributed by atoms with Gasteiger partial charge in [-0.3, -0.25) is 14.6 Å². The first-order valence-electron chi connectivity index (χ1n) is 11.4. The Morgan fingerprint density at radius 2 is 1.67 bits per heavy atom. The van der Waals surface area contributed by atoms with Gasteiger partial charge >= 0.3 is 0 Å². The summed E-state index contributed by atoms with van der Waals surface area (Å²) in [7, 11) is -3.72. The van der Waals surface area contributed by atoms with Crippen molar-refractivity contribution in [3.05, 3.63) is 89.5 Å². The number of fused-ring (bicyclic) bond motifs is 1. The Bertz CT molecular complexity index is 1380. The topological polar surface area (TPSA) is 108 Å². The summed E-state index contributed by atoms with van der Waals surface area (Å²) < 4.78 is 41.1. The molecule has 0 radical (unpaired) electrons. The second kappa shape index (κ2) is 9.79. The molecular formula is C26H27FN4O4S. The third-order valence-electron chi connectivity index (χ3n) is 5.66. The molecule has 0 aliphatic carbocycles. The maximum Gasteiger partial charge on any atom is 0.254 e. The average molecular weight is 511 g/mol. The lowest BCUT2D eigenvalue weighted by Gasteiger charge is -2.36. The highest BCUT2D eigenvalue weighted by molar-refractivity contribution is 7.89. The highest BCUT2D eigenvalue weighted by Gasteiger charge is 2.35. The second-order valence-corrected chi connectivity index (χ2v) is 11.4. The summed E-state index contributed by atoms with van der Waals surface area (Å²) in [5, 5.41) is 2.79. The molecule has 1 aliphatic heterocycles. The highest BCUT2D eigenvalue weighted by atomic mass is 32.2. The summed E-state index contributed by atoms with van der Waals surface area (Å²) in [4.78, 5) is 32.3. The van der Waals surface area contributed by atoms with Crippen molar-refractivity contribution in [3.63, 3.8) is 0 Å². The molecule has 10 heteroatoms. The maximum absolute atomic E-state index is 13.4. The van der Waals surface area contributed by atoms with Crippen molar-refractivity contribution in [2.45, 2.75) is 50.2 Å².